The number of anilines is 1. The van der Waals surface area contributed by atoms with E-state index in [1.807, 2.05) is 0 Å². The van der Waals surface area contributed by atoms with Crippen LogP contribution in [0, 0.1) is 0 Å². The Labute approximate surface area is 167 Å². The third kappa shape index (κ3) is 3.42. The van der Waals surface area contributed by atoms with Crippen molar-refractivity contribution in [3.63, 3.8) is 0 Å². The molecule has 0 saturated carbocycles. The molecule has 30 heavy (non-hydrogen) atoms. The number of amides is 1. The van der Waals surface area contributed by atoms with Crippen LogP contribution in [0.3, 0.4) is 0 Å². The molecule has 1 aliphatic rings. The van der Waals surface area contributed by atoms with Crippen molar-refractivity contribution >= 4 is 28.7 Å². The summed E-state index contributed by atoms with van der Waals surface area (Å²) in [6.45, 7) is 4.57. The van der Waals surface area contributed by atoms with Gasteiger partial charge in [0.05, 0.1) is 18.1 Å². The molecule has 13 heteroatoms. The molecule has 160 valence electrons. The van der Waals surface area contributed by atoms with Gasteiger partial charge in [-0.05, 0) is 13.8 Å². The maximum absolute atomic E-state index is 12.4. The number of hydrogen-bond acceptors (Lipinski definition) is 6. The number of carbonyl (C=O) groups excluding carboxylic acids is 1. The lowest BCUT2D eigenvalue weighted by Gasteiger charge is -2.14. The number of carboxylic acids is 1. The van der Waals surface area contributed by atoms with E-state index in [2.05, 4.69) is 38.8 Å². The third-order valence-corrected chi connectivity index (χ3v) is 4.51. The van der Waals surface area contributed by atoms with Gasteiger partial charge in [-0.1, -0.05) is 0 Å². The molecule has 0 atom stereocenters. The van der Waals surface area contributed by atoms with Gasteiger partial charge in [0.25, 0.3) is 5.91 Å². The molecule has 10 nitrogen and oxygen atoms in total. The minimum Gasteiger partial charge on any atom is -0.475 e. The number of nitrogen functional groups attached to an aromatic ring is 1. The van der Waals surface area contributed by atoms with Gasteiger partial charge < -0.3 is 20.7 Å². The average Bonchev–Trinajstić information content (AvgIpc) is 3.13. The van der Waals surface area contributed by atoms with Crippen molar-refractivity contribution in [3.05, 3.63) is 23.9 Å². The summed E-state index contributed by atoms with van der Waals surface area (Å²) >= 11 is 0. The summed E-state index contributed by atoms with van der Waals surface area (Å²) in [4.78, 5) is 29.9. The molecule has 1 amide bonds. The topological polar surface area (TPSA) is 141 Å². The van der Waals surface area contributed by atoms with Crippen molar-refractivity contribution in [2.75, 3.05) is 5.73 Å². The van der Waals surface area contributed by atoms with E-state index in [9.17, 15) is 18.0 Å². The number of aromatic nitrogens is 5. The van der Waals surface area contributed by atoms with E-state index in [0.717, 1.165) is 27.9 Å². The first-order valence-electron chi connectivity index (χ1n) is 8.69. The number of carboxylic acid groups (broad SMARTS) is 1. The number of aliphatic carboxylic acids is 1. The fraction of sp³-hybridized carbons (Fsp3) is 0.353. The number of carbonyl (C=O) groups is 2. The van der Waals surface area contributed by atoms with Crippen molar-refractivity contribution in [3.8, 4) is 11.1 Å². The van der Waals surface area contributed by atoms with Crippen molar-refractivity contribution in [2.45, 2.75) is 32.6 Å². The molecule has 4 N–H and O–H groups in total. The number of hydrogen-bond donors (Lipinski definition) is 3. The number of fused-ring (bicyclic) bond motifs is 5. The van der Waals surface area contributed by atoms with Crippen LogP contribution in [-0.2, 0) is 18.4 Å². The van der Waals surface area contributed by atoms with Crippen molar-refractivity contribution < 1.29 is 27.9 Å². The SMILES string of the molecule is CC(C)n1c2c(c3c(N)ncnc31)-c1cnn(C)c1C(=O)NC2.O=C(O)C(F)(F)F. The third-order valence-electron chi connectivity index (χ3n) is 4.51. The maximum Gasteiger partial charge on any atom is 0.490 e. The fourth-order valence-corrected chi connectivity index (χ4v) is 3.36. The van der Waals surface area contributed by atoms with E-state index in [-0.39, 0.29) is 11.9 Å². The summed E-state index contributed by atoms with van der Waals surface area (Å²) in [6.07, 6.45) is -1.91. The van der Waals surface area contributed by atoms with Crippen LogP contribution in [-0.4, -0.2) is 47.5 Å². The van der Waals surface area contributed by atoms with Crippen LogP contribution in [0.15, 0.2) is 12.5 Å². The minimum absolute atomic E-state index is 0.143. The Morgan fingerprint density at radius 2 is 1.97 bits per heavy atom. The Kier molecular flexibility index (Phi) is 5.14. The Hall–Kier alpha value is -3.64. The first-order valence-corrected chi connectivity index (χ1v) is 8.69. The first kappa shape index (κ1) is 21.1. The molecule has 4 heterocycles. The molecule has 3 aromatic rings. The molecule has 4 rings (SSSR count). The molecule has 0 saturated heterocycles. The van der Waals surface area contributed by atoms with E-state index in [4.69, 9.17) is 15.6 Å². The van der Waals surface area contributed by atoms with Gasteiger partial charge in [0.2, 0.25) is 0 Å². The average molecular weight is 425 g/mol. The Balaban J connectivity index is 0.000000318. The van der Waals surface area contributed by atoms with Crippen molar-refractivity contribution in [2.24, 2.45) is 7.05 Å². The summed E-state index contributed by atoms with van der Waals surface area (Å²) in [5.74, 6) is -2.49. The first-order chi connectivity index (χ1) is 13.9. The van der Waals surface area contributed by atoms with Crippen LogP contribution < -0.4 is 11.1 Å². The smallest absolute Gasteiger partial charge is 0.475 e. The van der Waals surface area contributed by atoms with Crippen molar-refractivity contribution in [1.82, 2.24) is 29.6 Å². The zero-order valence-corrected chi connectivity index (χ0v) is 16.2. The standard InChI is InChI=1S/C15H17N7O.C2HF3O2/c1-7(2)22-9-5-17-15(23)12-8(4-20-21(12)3)10(9)11-13(16)18-6-19-14(11)22;3-2(4,5)1(6)7/h4,6-7H,5H2,1-3H3,(H,17,23)(H2,16,18,19);(H,6,7). The number of nitrogens with one attached hydrogen (secondary N) is 1. The number of nitrogens with two attached hydrogens (primary N) is 1. The van der Waals surface area contributed by atoms with Crippen LogP contribution in [0.1, 0.15) is 36.1 Å². The Morgan fingerprint density at radius 3 is 2.53 bits per heavy atom. The summed E-state index contributed by atoms with van der Waals surface area (Å²) in [6, 6.07) is 0.172. The normalized spacial score (nSPS) is 13.2. The Morgan fingerprint density at radius 1 is 1.33 bits per heavy atom. The molecule has 0 spiro atoms. The zero-order valence-electron chi connectivity index (χ0n) is 16.2. The lowest BCUT2D eigenvalue weighted by Crippen LogP contribution is -2.25. The molecule has 0 unspecified atom stereocenters. The molecular weight excluding hydrogens is 407 g/mol. The quantitative estimate of drug-likeness (QED) is 0.540. The van der Waals surface area contributed by atoms with E-state index in [1.54, 1.807) is 17.9 Å². The molecule has 0 aromatic carbocycles. The summed E-state index contributed by atoms with van der Waals surface area (Å²) < 4.78 is 35.4. The number of rotatable bonds is 1. The minimum atomic E-state index is -5.08. The van der Waals surface area contributed by atoms with E-state index in [0.29, 0.717) is 18.1 Å². The molecule has 0 aliphatic carbocycles. The molecule has 0 bridgehead atoms. The number of aryl methyl sites for hydroxylation is 1. The van der Waals surface area contributed by atoms with Gasteiger partial charge in [-0.25, -0.2) is 14.8 Å². The second-order valence-corrected chi connectivity index (χ2v) is 6.76. The monoisotopic (exact) mass is 425 g/mol. The largest absolute Gasteiger partial charge is 0.490 e. The second-order valence-electron chi connectivity index (χ2n) is 6.76. The predicted octanol–water partition coefficient (Wildman–Crippen LogP) is 1.87. The number of nitrogens with zero attached hydrogens (tertiary/aromatic N) is 5. The summed E-state index contributed by atoms with van der Waals surface area (Å²) in [5, 5.41) is 15.1. The second kappa shape index (κ2) is 7.31. The van der Waals surface area contributed by atoms with E-state index in [1.165, 1.54) is 6.33 Å². The van der Waals surface area contributed by atoms with Gasteiger partial charge in [0.1, 0.15) is 23.5 Å². The molecule has 0 fully saturated rings. The van der Waals surface area contributed by atoms with E-state index < -0.39 is 12.1 Å². The van der Waals surface area contributed by atoms with Crippen LogP contribution in [0.2, 0.25) is 0 Å². The summed E-state index contributed by atoms with van der Waals surface area (Å²) in [7, 11) is 1.75. The zero-order chi connectivity index (χ0) is 22.4. The lowest BCUT2D eigenvalue weighted by atomic mass is 10.0. The number of halogens is 3. The predicted molar refractivity (Wildman–Crippen MR) is 99.4 cm³/mol. The highest BCUT2D eigenvalue weighted by Crippen LogP contribution is 2.40. The van der Waals surface area contributed by atoms with Crippen LogP contribution >= 0.6 is 0 Å². The highest BCUT2D eigenvalue weighted by molar-refractivity contribution is 6.09. The van der Waals surface area contributed by atoms with Crippen LogP contribution in [0.25, 0.3) is 22.2 Å². The highest BCUT2D eigenvalue weighted by Gasteiger charge is 2.38. The molecule has 0 radical (unpaired) electrons. The fourth-order valence-electron chi connectivity index (χ4n) is 3.36. The van der Waals surface area contributed by atoms with E-state index >= 15 is 0 Å². The molecular formula is C17H18F3N7O3. The van der Waals surface area contributed by atoms with Gasteiger partial charge in [-0.3, -0.25) is 9.48 Å². The van der Waals surface area contributed by atoms with Crippen LogP contribution in [0.5, 0.6) is 0 Å². The number of alkyl halides is 3. The van der Waals surface area contributed by atoms with Gasteiger partial charge in [-0.15, -0.1) is 0 Å². The van der Waals surface area contributed by atoms with Gasteiger partial charge in [0, 0.05) is 29.9 Å². The van der Waals surface area contributed by atoms with Crippen LogP contribution in [0.4, 0.5) is 19.0 Å². The molecule has 3 aromatic heterocycles. The lowest BCUT2D eigenvalue weighted by molar-refractivity contribution is -0.192. The molecule has 1 aliphatic heterocycles. The van der Waals surface area contributed by atoms with Crippen molar-refractivity contribution in [1.29, 1.82) is 0 Å². The van der Waals surface area contributed by atoms with Gasteiger partial charge in [-0.2, -0.15) is 18.3 Å². The maximum atomic E-state index is 12.4. The van der Waals surface area contributed by atoms with Gasteiger partial charge in [0.15, 0.2) is 0 Å². The Bertz CT molecular complexity index is 1150. The summed E-state index contributed by atoms with van der Waals surface area (Å²) in [5.41, 5.74) is 10.1. The van der Waals surface area contributed by atoms with Gasteiger partial charge >= 0.3 is 12.1 Å². The highest BCUT2D eigenvalue weighted by atomic mass is 19.4.